The molecule has 0 saturated carbocycles. The van der Waals surface area contributed by atoms with E-state index in [1.54, 1.807) is 20.8 Å². The quantitative estimate of drug-likeness (QED) is 0.593. The Morgan fingerprint density at radius 2 is 1.68 bits per heavy atom. The van der Waals surface area contributed by atoms with Gasteiger partial charge >= 0.3 is 116 Å². The normalized spacial score (nSPS) is 14.4. The Morgan fingerprint density at radius 1 is 1.05 bits per heavy atom. The number of allylic oxidation sites excluding steroid dienone is 4. The third kappa shape index (κ3) is 3.96. The SMILES string of the molecule is CC1=C(C)C(C)=C(c2ccccc2C[O][Ti+2])C1.[Cl-].[Cl-]. The molecule has 101 valence electrons. The molecular formula is C15H17Cl2OTi. The van der Waals surface area contributed by atoms with Gasteiger partial charge in [-0.2, -0.15) is 0 Å². The second kappa shape index (κ2) is 8.29. The summed E-state index contributed by atoms with van der Waals surface area (Å²) >= 11 is 1.75. The van der Waals surface area contributed by atoms with E-state index in [4.69, 9.17) is 3.32 Å². The van der Waals surface area contributed by atoms with Crippen molar-refractivity contribution in [1.82, 2.24) is 0 Å². The molecule has 1 aliphatic carbocycles. The first-order valence-corrected chi connectivity index (χ1v) is 6.52. The van der Waals surface area contributed by atoms with Crippen LogP contribution in [0, 0.1) is 0 Å². The van der Waals surface area contributed by atoms with Gasteiger partial charge in [0.15, 0.2) is 0 Å². The summed E-state index contributed by atoms with van der Waals surface area (Å²) in [4.78, 5) is 0. The molecule has 0 fully saturated rings. The molecule has 0 unspecified atom stereocenters. The second-order valence-corrected chi connectivity index (χ2v) is 5.08. The van der Waals surface area contributed by atoms with Gasteiger partial charge in [-0.15, -0.1) is 0 Å². The van der Waals surface area contributed by atoms with Crippen LogP contribution in [0.4, 0.5) is 0 Å². The van der Waals surface area contributed by atoms with E-state index in [-0.39, 0.29) is 24.8 Å². The molecule has 1 nitrogen and oxygen atoms in total. The molecule has 1 aliphatic rings. The smallest absolute Gasteiger partial charge is 1.00 e. The minimum absolute atomic E-state index is 0. The van der Waals surface area contributed by atoms with Crippen LogP contribution in [0.15, 0.2) is 41.0 Å². The standard InChI is InChI=1S/C15H17O.2ClH.Ti/c1-10-8-15(12(3)11(10)2)14-7-5-4-6-13(14)9-16;;;/h4-7H,8-9H2,1-3H3;2*1H;/q-1;;;+3/p-2. The van der Waals surface area contributed by atoms with Crippen molar-refractivity contribution in [3.8, 4) is 0 Å². The van der Waals surface area contributed by atoms with Gasteiger partial charge in [-0.25, -0.2) is 0 Å². The Kier molecular flexibility index (Phi) is 8.27. The van der Waals surface area contributed by atoms with Crippen molar-refractivity contribution in [1.29, 1.82) is 0 Å². The van der Waals surface area contributed by atoms with Crippen molar-refractivity contribution in [2.24, 2.45) is 0 Å². The molecule has 4 heteroatoms. The van der Waals surface area contributed by atoms with E-state index in [0.717, 1.165) is 6.42 Å². The van der Waals surface area contributed by atoms with Gasteiger partial charge < -0.3 is 24.8 Å². The van der Waals surface area contributed by atoms with Crippen LogP contribution in [-0.4, -0.2) is 0 Å². The molecule has 0 heterocycles. The number of rotatable bonds is 3. The number of halogens is 2. The summed E-state index contributed by atoms with van der Waals surface area (Å²) in [6.45, 7) is 7.36. The van der Waals surface area contributed by atoms with Gasteiger partial charge in [-0.1, -0.05) is 0 Å². The summed E-state index contributed by atoms with van der Waals surface area (Å²) in [5.41, 5.74) is 8.48. The molecule has 0 bridgehead atoms. The monoisotopic (exact) mass is 331 g/mol. The van der Waals surface area contributed by atoms with Gasteiger partial charge in [0, 0.05) is 0 Å². The van der Waals surface area contributed by atoms with Crippen LogP contribution in [0.3, 0.4) is 0 Å². The maximum absolute atomic E-state index is 5.28. The van der Waals surface area contributed by atoms with E-state index >= 15 is 0 Å². The second-order valence-electron chi connectivity index (χ2n) is 4.63. The Bertz CT molecular complexity index is 507. The van der Waals surface area contributed by atoms with Gasteiger partial charge in [-0.05, 0) is 0 Å². The van der Waals surface area contributed by atoms with E-state index in [9.17, 15) is 0 Å². The van der Waals surface area contributed by atoms with Crippen LogP contribution in [0.2, 0.25) is 0 Å². The van der Waals surface area contributed by atoms with Crippen LogP contribution in [0.25, 0.3) is 5.57 Å². The first-order valence-electron chi connectivity index (χ1n) is 5.88. The van der Waals surface area contributed by atoms with Crippen molar-refractivity contribution in [3.63, 3.8) is 0 Å². The van der Waals surface area contributed by atoms with E-state index in [1.807, 2.05) is 0 Å². The fraction of sp³-hybridized carbons (Fsp3) is 0.333. The minimum Gasteiger partial charge on any atom is -1.00 e. The molecule has 1 aromatic carbocycles. The van der Waals surface area contributed by atoms with Crippen molar-refractivity contribution >= 4 is 5.57 Å². The number of hydrogen-bond acceptors (Lipinski definition) is 1. The van der Waals surface area contributed by atoms with Crippen LogP contribution in [-0.2, 0) is 30.7 Å². The number of hydrogen-bond donors (Lipinski definition) is 0. The van der Waals surface area contributed by atoms with Crippen LogP contribution in [0.5, 0.6) is 0 Å². The largest absolute Gasteiger partial charge is 1.00 e. The zero-order valence-electron chi connectivity index (χ0n) is 11.4. The maximum Gasteiger partial charge on any atom is -1.00 e. The van der Waals surface area contributed by atoms with Crippen molar-refractivity contribution in [3.05, 3.63) is 52.1 Å². The zero-order valence-corrected chi connectivity index (χ0v) is 14.5. The van der Waals surface area contributed by atoms with Gasteiger partial charge in [0.1, 0.15) is 0 Å². The third-order valence-corrected chi connectivity index (χ3v) is 3.89. The van der Waals surface area contributed by atoms with Gasteiger partial charge in [0.2, 0.25) is 0 Å². The molecule has 19 heavy (non-hydrogen) atoms. The molecule has 1 aromatic rings. The van der Waals surface area contributed by atoms with Gasteiger partial charge in [0.25, 0.3) is 0 Å². The topological polar surface area (TPSA) is 9.23 Å². The van der Waals surface area contributed by atoms with Crippen LogP contribution in [0.1, 0.15) is 38.3 Å². The van der Waals surface area contributed by atoms with E-state index in [1.165, 1.54) is 33.4 Å². The molecule has 0 spiro atoms. The molecule has 0 saturated heterocycles. The summed E-state index contributed by atoms with van der Waals surface area (Å²) in [6.07, 6.45) is 1.08. The van der Waals surface area contributed by atoms with Gasteiger partial charge in [0.05, 0.1) is 0 Å². The van der Waals surface area contributed by atoms with Crippen molar-refractivity contribution in [2.75, 3.05) is 0 Å². The van der Waals surface area contributed by atoms with E-state index < -0.39 is 0 Å². The Hall–Kier alpha value is -0.0457. The fourth-order valence-corrected chi connectivity index (χ4v) is 2.64. The molecular weight excluding hydrogens is 315 g/mol. The first kappa shape index (κ1) is 19.0. The summed E-state index contributed by atoms with van der Waals surface area (Å²) in [5.74, 6) is 0. The summed E-state index contributed by atoms with van der Waals surface area (Å²) in [7, 11) is 0. The van der Waals surface area contributed by atoms with E-state index in [2.05, 4.69) is 45.0 Å². The predicted octanol–water partition coefficient (Wildman–Crippen LogP) is -1.81. The van der Waals surface area contributed by atoms with E-state index in [0.29, 0.717) is 6.61 Å². The Morgan fingerprint density at radius 3 is 2.21 bits per heavy atom. The maximum atomic E-state index is 5.28. The predicted molar refractivity (Wildman–Crippen MR) is 66.8 cm³/mol. The summed E-state index contributed by atoms with van der Waals surface area (Å²) in [6, 6.07) is 8.55. The average Bonchev–Trinajstić information content (AvgIpc) is 2.58. The Labute approximate surface area is 140 Å². The van der Waals surface area contributed by atoms with Gasteiger partial charge in [-0.3, -0.25) is 0 Å². The average molecular weight is 332 g/mol. The summed E-state index contributed by atoms with van der Waals surface area (Å²) < 4.78 is 5.28. The molecule has 0 radical (unpaired) electrons. The molecule has 0 amide bonds. The molecule has 0 aliphatic heterocycles. The molecule has 0 atom stereocenters. The van der Waals surface area contributed by atoms with Crippen LogP contribution >= 0.6 is 0 Å². The third-order valence-electron chi connectivity index (χ3n) is 3.67. The molecule has 0 N–H and O–H groups in total. The van der Waals surface area contributed by atoms with Crippen molar-refractivity contribution < 1.29 is 49.0 Å². The Balaban J connectivity index is 0.00000162. The molecule has 0 aromatic heterocycles. The van der Waals surface area contributed by atoms with Crippen molar-refractivity contribution in [2.45, 2.75) is 33.8 Å². The minimum atomic E-state index is 0. The number of benzene rings is 1. The summed E-state index contributed by atoms with van der Waals surface area (Å²) in [5, 5.41) is 0. The first-order chi connectivity index (χ1) is 8.15. The fourth-order valence-electron chi connectivity index (χ4n) is 2.39. The zero-order chi connectivity index (χ0) is 12.4. The molecule has 2 rings (SSSR count). The van der Waals surface area contributed by atoms with Crippen LogP contribution < -0.4 is 24.8 Å².